The predicted molar refractivity (Wildman–Crippen MR) is 95.6 cm³/mol. The molecule has 1 N–H and O–H groups in total. The molecular weight excluding hydrogens is 335 g/mol. The van der Waals surface area contributed by atoms with Crippen molar-refractivity contribution in [2.24, 2.45) is 0 Å². The number of halogens is 1. The van der Waals surface area contributed by atoms with Crippen molar-refractivity contribution < 1.29 is 14.2 Å². The molecule has 26 heavy (non-hydrogen) atoms. The van der Waals surface area contributed by atoms with E-state index in [2.05, 4.69) is 15.0 Å². The van der Waals surface area contributed by atoms with Crippen molar-refractivity contribution in [2.45, 2.75) is 13.3 Å². The molecule has 3 aromatic heterocycles. The van der Waals surface area contributed by atoms with Crippen molar-refractivity contribution in [1.29, 1.82) is 0 Å². The molecule has 0 atom stereocenters. The molecule has 6 nitrogen and oxygen atoms in total. The highest BCUT2D eigenvalue weighted by Gasteiger charge is 2.17. The maximum atomic E-state index is 14.6. The first-order valence-electron chi connectivity index (χ1n) is 8.31. The molecule has 0 amide bonds. The first-order valence-corrected chi connectivity index (χ1v) is 8.31. The van der Waals surface area contributed by atoms with Crippen molar-refractivity contribution in [3.8, 4) is 17.1 Å². The zero-order valence-electron chi connectivity index (χ0n) is 14.2. The van der Waals surface area contributed by atoms with Gasteiger partial charge in [-0.25, -0.2) is 19.3 Å². The highest BCUT2D eigenvalue weighted by molar-refractivity contribution is 5.79. The minimum absolute atomic E-state index is 0.0445. The lowest BCUT2D eigenvalue weighted by Crippen LogP contribution is -2.02. The molecule has 0 saturated heterocycles. The zero-order chi connectivity index (χ0) is 18.1. The van der Waals surface area contributed by atoms with Crippen LogP contribution in [0, 0.1) is 12.7 Å². The third-order valence-corrected chi connectivity index (χ3v) is 4.15. The second-order valence-electron chi connectivity index (χ2n) is 5.91. The van der Waals surface area contributed by atoms with Crippen LogP contribution in [-0.2, 0) is 0 Å². The Morgan fingerprint density at radius 1 is 1.23 bits per heavy atom. The van der Waals surface area contributed by atoms with Gasteiger partial charge >= 0.3 is 0 Å². The number of imidazole rings is 1. The van der Waals surface area contributed by atoms with Crippen LogP contribution in [-0.4, -0.2) is 37.7 Å². The summed E-state index contributed by atoms with van der Waals surface area (Å²) in [5.41, 5.74) is 3.22. The molecule has 4 rings (SSSR count). The number of aliphatic hydroxyl groups excluding tert-OH is 1. The van der Waals surface area contributed by atoms with Gasteiger partial charge in [0.1, 0.15) is 22.9 Å². The molecule has 0 aliphatic heterocycles. The van der Waals surface area contributed by atoms with Crippen LogP contribution in [0.3, 0.4) is 0 Å². The van der Waals surface area contributed by atoms with Gasteiger partial charge in [-0.15, -0.1) is 0 Å². The standard InChI is InChI=1S/C19H17FN4O2/c1-12-17-11-22-18(24(17)19-16(23-12)4-2-7-21-19)14-10-13(5-6-15(14)20)26-9-3-8-25/h2,4-7,10-11,25H,3,8-9H2,1H3. The Kier molecular flexibility index (Phi) is 4.22. The molecule has 0 saturated carbocycles. The predicted octanol–water partition coefficient (Wildman–Crippen LogP) is 3.15. The summed E-state index contributed by atoms with van der Waals surface area (Å²) in [7, 11) is 0. The molecule has 0 fully saturated rings. The monoisotopic (exact) mass is 352 g/mol. The molecule has 1 aromatic carbocycles. The number of aromatic nitrogens is 4. The van der Waals surface area contributed by atoms with Crippen LogP contribution in [0.15, 0.2) is 42.7 Å². The Labute approximate surface area is 148 Å². The van der Waals surface area contributed by atoms with Crippen LogP contribution < -0.4 is 4.74 Å². The third-order valence-electron chi connectivity index (χ3n) is 4.15. The average molecular weight is 352 g/mol. The van der Waals surface area contributed by atoms with Crippen LogP contribution in [0.4, 0.5) is 4.39 Å². The second-order valence-corrected chi connectivity index (χ2v) is 5.91. The van der Waals surface area contributed by atoms with Gasteiger partial charge in [0.25, 0.3) is 0 Å². The number of fused-ring (bicyclic) bond motifs is 3. The fourth-order valence-electron chi connectivity index (χ4n) is 2.92. The van der Waals surface area contributed by atoms with Crippen LogP contribution >= 0.6 is 0 Å². The van der Waals surface area contributed by atoms with E-state index in [1.807, 2.05) is 23.5 Å². The maximum Gasteiger partial charge on any atom is 0.164 e. The number of rotatable bonds is 5. The number of aliphatic hydroxyl groups is 1. The van der Waals surface area contributed by atoms with Gasteiger partial charge in [-0.2, -0.15) is 0 Å². The van der Waals surface area contributed by atoms with Gasteiger partial charge in [0.15, 0.2) is 5.65 Å². The SMILES string of the molecule is Cc1nc2cccnc2n2c(-c3cc(OCCCO)ccc3F)ncc12. The number of nitrogens with zero attached hydrogens (tertiary/aromatic N) is 4. The summed E-state index contributed by atoms with van der Waals surface area (Å²) < 4.78 is 21.9. The van der Waals surface area contributed by atoms with E-state index in [4.69, 9.17) is 9.84 Å². The largest absolute Gasteiger partial charge is 0.493 e. The molecule has 3 heterocycles. The number of benzene rings is 1. The van der Waals surface area contributed by atoms with Gasteiger partial charge in [-0.05, 0) is 37.3 Å². The molecule has 0 bridgehead atoms. The third kappa shape index (κ3) is 2.76. The van der Waals surface area contributed by atoms with E-state index in [0.29, 0.717) is 41.3 Å². The lowest BCUT2D eigenvalue weighted by atomic mass is 10.2. The lowest BCUT2D eigenvalue weighted by molar-refractivity contribution is 0.233. The Bertz CT molecular complexity index is 1090. The van der Waals surface area contributed by atoms with Crippen molar-refractivity contribution in [1.82, 2.24) is 19.4 Å². The second kappa shape index (κ2) is 6.68. The van der Waals surface area contributed by atoms with Gasteiger partial charge in [0.05, 0.1) is 29.6 Å². The molecule has 4 aromatic rings. The summed E-state index contributed by atoms with van der Waals surface area (Å²) in [5.74, 6) is 0.569. The van der Waals surface area contributed by atoms with Crippen molar-refractivity contribution >= 4 is 16.7 Å². The van der Waals surface area contributed by atoms with Gasteiger partial charge in [-0.3, -0.25) is 4.40 Å². The molecule has 0 radical (unpaired) electrons. The number of pyridine rings is 1. The van der Waals surface area contributed by atoms with Crippen molar-refractivity contribution in [3.63, 3.8) is 0 Å². The Morgan fingerprint density at radius 2 is 2.12 bits per heavy atom. The van der Waals surface area contributed by atoms with Gasteiger partial charge in [0, 0.05) is 19.2 Å². The number of hydrogen-bond donors (Lipinski definition) is 1. The number of hydrogen-bond acceptors (Lipinski definition) is 5. The van der Waals surface area contributed by atoms with E-state index in [-0.39, 0.29) is 6.61 Å². The van der Waals surface area contributed by atoms with Crippen LogP contribution in [0.2, 0.25) is 0 Å². The average Bonchev–Trinajstić information content (AvgIpc) is 3.09. The Hall–Kier alpha value is -3.06. The smallest absolute Gasteiger partial charge is 0.164 e. The minimum atomic E-state index is -0.398. The first kappa shape index (κ1) is 16.4. The normalized spacial score (nSPS) is 11.3. The fourth-order valence-corrected chi connectivity index (χ4v) is 2.92. The van der Waals surface area contributed by atoms with E-state index < -0.39 is 5.82 Å². The summed E-state index contributed by atoms with van der Waals surface area (Å²) in [6.45, 7) is 2.29. The van der Waals surface area contributed by atoms with E-state index in [9.17, 15) is 4.39 Å². The van der Waals surface area contributed by atoms with E-state index >= 15 is 0 Å². The van der Waals surface area contributed by atoms with Crippen LogP contribution in [0.5, 0.6) is 5.75 Å². The summed E-state index contributed by atoms with van der Waals surface area (Å²) in [4.78, 5) is 13.4. The van der Waals surface area contributed by atoms with Crippen LogP contribution in [0.1, 0.15) is 12.1 Å². The topological polar surface area (TPSA) is 72.5 Å². The fraction of sp³-hybridized carbons (Fsp3) is 0.211. The van der Waals surface area contributed by atoms with E-state index in [1.54, 1.807) is 24.5 Å². The lowest BCUT2D eigenvalue weighted by Gasteiger charge is -2.10. The highest BCUT2D eigenvalue weighted by atomic mass is 19.1. The summed E-state index contributed by atoms with van der Waals surface area (Å²) in [5, 5.41) is 8.87. The maximum absolute atomic E-state index is 14.6. The molecular formula is C19H17FN4O2. The quantitative estimate of drug-likeness (QED) is 0.559. The summed E-state index contributed by atoms with van der Waals surface area (Å²) in [6.07, 6.45) is 3.86. The van der Waals surface area contributed by atoms with Gasteiger partial charge < -0.3 is 9.84 Å². The Balaban J connectivity index is 1.91. The van der Waals surface area contributed by atoms with Crippen molar-refractivity contribution in [3.05, 3.63) is 54.2 Å². The molecule has 0 aliphatic rings. The summed E-state index contributed by atoms with van der Waals surface area (Å²) in [6, 6.07) is 8.21. The van der Waals surface area contributed by atoms with Crippen molar-refractivity contribution in [2.75, 3.05) is 13.2 Å². The molecule has 0 aliphatic carbocycles. The molecule has 7 heteroatoms. The molecule has 0 unspecified atom stereocenters. The van der Waals surface area contributed by atoms with Gasteiger partial charge in [-0.1, -0.05) is 0 Å². The minimum Gasteiger partial charge on any atom is -0.493 e. The number of ether oxygens (including phenoxy) is 1. The molecule has 132 valence electrons. The Morgan fingerprint density at radius 3 is 2.96 bits per heavy atom. The van der Waals surface area contributed by atoms with E-state index in [1.165, 1.54) is 6.07 Å². The highest BCUT2D eigenvalue weighted by Crippen LogP contribution is 2.29. The van der Waals surface area contributed by atoms with Crippen LogP contribution in [0.25, 0.3) is 28.1 Å². The van der Waals surface area contributed by atoms with E-state index in [0.717, 1.165) is 11.2 Å². The molecule has 0 spiro atoms. The zero-order valence-corrected chi connectivity index (χ0v) is 14.2. The first-order chi connectivity index (χ1) is 12.7. The summed E-state index contributed by atoms with van der Waals surface area (Å²) >= 11 is 0. The van der Waals surface area contributed by atoms with Gasteiger partial charge in [0.2, 0.25) is 0 Å². The number of aryl methyl sites for hydroxylation is 1.